The summed E-state index contributed by atoms with van der Waals surface area (Å²) in [5, 5.41) is 9.18. The molecule has 0 bridgehead atoms. The Morgan fingerprint density at radius 2 is 1.78 bits per heavy atom. The molecule has 1 nitrogen and oxygen atoms in total. The summed E-state index contributed by atoms with van der Waals surface area (Å²) in [6.45, 7) is 0. The van der Waals surface area contributed by atoms with Gasteiger partial charge < -0.3 is 5.11 Å². The Morgan fingerprint density at radius 3 is 2.11 bits per heavy atom. The van der Waals surface area contributed by atoms with Crippen LogP contribution in [0.25, 0.3) is 0 Å². The molecule has 2 radical (unpaired) electrons. The van der Waals surface area contributed by atoms with Crippen LogP contribution in [0.2, 0.25) is 5.02 Å². The van der Waals surface area contributed by atoms with Gasteiger partial charge in [-0.1, -0.05) is 23.7 Å². The van der Waals surface area contributed by atoms with Crippen molar-refractivity contribution in [2.24, 2.45) is 0 Å². The van der Waals surface area contributed by atoms with E-state index < -0.39 is 0 Å². The van der Waals surface area contributed by atoms with Gasteiger partial charge in [-0.2, -0.15) is 0 Å². The SMILES string of the molecule is Oc1ccccc1Cl.[PbH2]. The molecule has 0 fully saturated rings. The zero-order valence-electron chi connectivity index (χ0n) is 4.84. The Hall–Kier alpha value is 0.232. The predicted octanol–water partition coefficient (Wildman–Crippen LogP) is 1.13. The second kappa shape index (κ2) is 4.11. The summed E-state index contributed by atoms with van der Waals surface area (Å²) in [5.74, 6) is 0.133. The van der Waals surface area contributed by atoms with Gasteiger partial charge in [-0.25, -0.2) is 0 Å². The maximum absolute atomic E-state index is 8.79. The first kappa shape index (κ1) is 9.23. The van der Waals surface area contributed by atoms with E-state index >= 15 is 0 Å². The monoisotopic (exact) mass is 338 g/mol. The molecule has 0 aliphatic rings. The van der Waals surface area contributed by atoms with Crippen LogP contribution in [0.4, 0.5) is 0 Å². The first-order valence-corrected chi connectivity index (χ1v) is 2.62. The average Bonchev–Trinajstić information content (AvgIpc) is 1.77. The molecule has 1 aromatic rings. The minimum absolute atomic E-state index is 0. The van der Waals surface area contributed by atoms with Crippen molar-refractivity contribution in [3.63, 3.8) is 0 Å². The molecular weight excluding hydrogens is 331 g/mol. The second-order valence-corrected chi connectivity index (χ2v) is 1.86. The molecule has 0 aliphatic carbocycles. The molecular formula is C6H7ClOPb. The van der Waals surface area contributed by atoms with E-state index in [1.54, 1.807) is 24.3 Å². The number of aromatic hydroxyl groups is 1. The van der Waals surface area contributed by atoms with Gasteiger partial charge in [-0.15, -0.1) is 0 Å². The van der Waals surface area contributed by atoms with Crippen molar-refractivity contribution in [1.29, 1.82) is 0 Å². The van der Waals surface area contributed by atoms with Gasteiger partial charge in [-0.05, 0) is 12.1 Å². The van der Waals surface area contributed by atoms with Crippen LogP contribution in [-0.4, -0.2) is 32.4 Å². The predicted molar refractivity (Wildman–Crippen MR) is 41.7 cm³/mol. The molecule has 0 saturated heterocycles. The van der Waals surface area contributed by atoms with Crippen LogP contribution in [0.3, 0.4) is 0 Å². The molecule has 0 spiro atoms. The Balaban J connectivity index is 0.000000640. The Morgan fingerprint density at radius 1 is 1.22 bits per heavy atom. The summed E-state index contributed by atoms with van der Waals surface area (Å²) < 4.78 is 0. The molecule has 48 valence electrons. The Kier molecular flexibility index (Phi) is 4.22. The molecule has 1 aromatic carbocycles. The molecule has 1 N–H and O–H groups in total. The van der Waals surface area contributed by atoms with Gasteiger partial charge in [0.2, 0.25) is 0 Å². The van der Waals surface area contributed by atoms with Crippen LogP contribution in [0, 0.1) is 0 Å². The van der Waals surface area contributed by atoms with Crippen molar-refractivity contribution in [2.45, 2.75) is 0 Å². The summed E-state index contributed by atoms with van der Waals surface area (Å²) >= 11 is 5.46. The number of halogens is 1. The van der Waals surface area contributed by atoms with E-state index in [1.807, 2.05) is 0 Å². The molecule has 0 heterocycles. The summed E-state index contributed by atoms with van der Waals surface area (Å²) in [4.78, 5) is 0. The molecule has 0 aliphatic heterocycles. The van der Waals surface area contributed by atoms with Crippen LogP contribution in [0.15, 0.2) is 24.3 Å². The number of phenols is 1. The summed E-state index contributed by atoms with van der Waals surface area (Å²) in [6.07, 6.45) is 0. The molecule has 0 amide bonds. The Labute approximate surface area is 78.8 Å². The number of benzene rings is 1. The van der Waals surface area contributed by atoms with E-state index in [-0.39, 0.29) is 33.0 Å². The number of rotatable bonds is 0. The van der Waals surface area contributed by atoms with Crippen molar-refractivity contribution in [1.82, 2.24) is 0 Å². The van der Waals surface area contributed by atoms with E-state index in [1.165, 1.54) is 0 Å². The van der Waals surface area contributed by atoms with E-state index in [9.17, 15) is 0 Å². The first-order valence-electron chi connectivity index (χ1n) is 2.24. The van der Waals surface area contributed by atoms with E-state index in [2.05, 4.69) is 0 Å². The quantitative estimate of drug-likeness (QED) is 0.704. The fraction of sp³-hybridized carbons (Fsp3) is 0. The van der Waals surface area contributed by atoms with Crippen LogP contribution in [-0.2, 0) is 0 Å². The van der Waals surface area contributed by atoms with Gasteiger partial charge in [-0.3, -0.25) is 0 Å². The third kappa shape index (κ3) is 2.53. The van der Waals surface area contributed by atoms with Gasteiger partial charge in [0, 0.05) is 0 Å². The Bertz CT molecular complexity index is 169. The second-order valence-electron chi connectivity index (χ2n) is 1.45. The van der Waals surface area contributed by atoms with E-state index in [4.69, 9.17) is 16.7 Å². The molecule has 9 heavy (non-hydrogen) atoms. The summed E-state index contributed by atoms with van der Waals surface area (Å²) in [7, 11) is 0. The summed E-state index contributed by atoms with van der Waals surface area (Å²) in [5.41, 5.74) is 0. The number of hydrogen-bond donors (Lipinski definition) is 1. The van der Waals surface area contributed by atoms with Gasteiger partial charge in [0.1, 0.15) is 5.75 Å². The van der Waals surface area contributed by atoms with Crippen molar-refractivity contribution in [2.75, 3.05) is 0 Å². The number of hydrogen-bond acceptors (Lipinski definition) is 1. The topological polar surface area (TPSA) is 20.2 Å². The molecule has 0 saturated carbocycles. The van der Waals surface area contributed by atoms with Crippen molar-refractivity contribution >= 4 is 38.9 Å². The minimum atomic E-state index is 0. The van der Waals surface area contributed by atoms with Crippen molar-refractivity contribution < 1.29 is 5.11 Å². The standard InChI is InChI=1S/C6H5ClO.Pb.2H/c7-5-3-1-2-4-6(5)8;;;/h1-4,8H;;;. The van der Waals surface area contributed by atoms with Gasteiger partial charge in [0.15, 0.2) is 0 Å². The zero-order chi connectivity index (χ0) is 5.98. The van der Waals surface area contributed by atoms with Gasteiger partial charge in [0.25, 0.3) is 0 Å². The fourth-order valence-corrected chi connectivity index (χ4v) is 0.587. The van der Waals surface area contributed by atoms with Crippen LogP contribution >= 0.6 is 11.6 Å². The van der Waals surface area contributed by atoms with E-state index in [0.717, 1.165) is 0 Å². The van der Waals surface area contributed by atoms with Crippen LogP contribution in [0.5, 0.6) is 5.75 Å². The molecule has 0 aromatic heterocycles. The normalized spacial score (nSPS) is 8.11. The third-order valence-corrected chi connectivity index (χ3v) is 1.17. The molecule has 0 unspecified atom stereocenters. The summed E-state index contributed by atoms with van der Waals surface area (Å²) in [6, 6.07) is 6.67. The molecule has 3 heteroatoms. The first-order chi connectivity index (χ1) is 3.80. The van der Waals surface area contributed by atoms with Crippen molar-refractivity contribution in [3.05, 3.63) is 29.3 Å². The number of phenolic OH excluding ortho intramolecular Hbond substituents is 1. The third-order valence-electron chi connectivity index (χ3n) is 0.852. The molecule has 1 rings (SSSR count). The zero-order valence-corrected chi connectivity index (χ0v) is 11.1. The van der Waals surface area contributed by atoms with Gasteiger partial charge >= 0.3 is 27.3 Å². The van der Waals surface area contributed by atoms with E-state index in [0.29, 0.717) is 5.02 Å². The van der Waals surface area contributed by atoms with Crippen LogP contribution in [0.1, 0.15) is 0 Å². The maximum atomic E-state index is 8.79. The average molecular weight is 338 g/mol. The van der Waals surface area contributed by atoms with Crippen LogP contribution < -0.4 is 0 Å². The fourth-order valence-electron chi connectivity index (χ4n) is 0.452. The van der Waals surface area contributed by atoms with Gasteiger partial charge in [0.05, 0.1) is 5.02 Å². The molecule has 0 atom stereocenters. The van der Waals surface area contributed by atoms with Crippen molar-refractivity contribution in [3.8, 4) is 5.75 Å². The number of para-hydroxylation sites is 1.